The van der Waals surface area contributed by atoms with Crippen LogP contribution in [-0.2, 0) is 11.3 Å². The van der Waals surface area contributed by atoms with Crippen molar-refractivity contribution < 1.29 is 27.4 Å². The predicted octanol–water partition coefficient (Wildman–Crippen LogP) is 0.909. The fourth-order valence-corrected chi connectivity index (χ4v) is 1.26. The molecule has 0 radical (unpaired) electrons. The molecule has 0 bridgehead atoms. The molecule has 9 heteroatoms. The zero-order valence-corrected chi connectivity index (χ0v) is 9.84. The van der Waals surface area contributed by atoms with E-state index in [0.717, 1.165) is 6.07 Å². The molecule has 0 aromatic carbocycles. The average Bonchev–Trinajstić information content (AvgIpc) is 2.27. The number of ether oxygens (including phenoxy) is 2. The van der Waals surface area contributed by atoms with Gasteiger partial charge in [0.15, 0.2) is 0 Å². The Kier molecular flexibility index (Phi) is 4.54. The Hall–Kier alpha value is -2.03. The number of halogens is 3. The van der Waals surface area contributed by atoms with Gasteiger partial charge in [-0.25, -0.2) is 4.79 Å². The number of nitrogens with two attached hydrogens (primary N) is 1. The quantitative estimate of drug-likeness (QED) is 0.799. The van der Waals surface area contributed by atoms with Crippen molar-refractivity contribution in [1.29, 1.82) is 0 Å². The Labute approximate surface area is 105 Å². The Bertz CT molecular complexity index is 524. The Morgan fingerprint density at radius 1 is 1.47 bits per heavy atom. The number of alkyl halides is 3. The maximum Gasteiger partial charge on any atom is 0.574 e. The Morgan fingerprint density at radius 2 is 2.11 bits per heavy atom. The highest BCUT2D eigenvalue weighted by Gasteiger charge is 2.34. The molecule has 106 valence electrons. The number of esters is 1. The molecule has 0 saturated heterocycles. The van der Waals surface area contributed by atoms with Crippen LogP contribution in [0.25, 0.3) is 0 Å². The summed E-state index contributed by atoms with van der Waals surface area (Å²) < 4.78 is 44.6. The summed E-state index contributed by atoms with van der Waals surface area (Å²) in [6.45, 7) is 1.20. The molecule has 1 heterocycles. The highest BCUT2D eigenvalue weighted by Crippen LogP contribution is 2.24. The van der Waals surface area contributed by atoms with E-state index < -0.39 is 29.3 Å². The van der Waals surface area contributed by atoms with Gasteiger partial charge in [0, 0.05) is 12.1 Å². The zero-order chi connectivity index (χ0) is 14.6. The summed E-state index contributed by atoms with van der Waals surface area (Å²) in [5.74, 6) is -2.07. The van der Waals surface area contributed by atoms with Crippen LogP contribution in [0.4, 0.5) is 13.2 Å². The second-order valence-corrected chi connectivity index (χ2v) is 3.34. The monoisotopic (exact) mass is 280 g/mol. The van der Waals surface area contributed by atoms with Crippen molar-refractivity contribution in [3.8, 4) is 5.88 Å². The molecule has 0 atom stereocenters. The van der Waals surface area contributed by atoms with Gasteiger partial charge in [-0.1, -0.05) is 0 Å². The number of carbonyl (C=O) groups is 1. The molecular formula is C10H11F3N2O4. The first kappa shape index (κ1) is 15.0. The minimum atomic E-state index is -5.05. The minimum absolute atomic E-state index is 0.0403. The second kappa shape index (κ2) is 5.74. The molecule has 0 amide bonds. The molecular weight excluding hydrogens is 269 g/mol. The smallest absolute Gasteiger partial charge is 0.462 e. The minimum Gasteiger partial charge on any atom is -0.462 e. The number of carbonyl (C=O) groups excluding carboxylic acids is 1. The topological polar surface area (TPSA) is 94.4 Å². The van der Waals surface area contributed by atoms with E-state index in [2.05, 4.69) is 9.47 Å². The van der Waals surface area contributed by atoms with Crippen LogP contribution in [0.5, 0.6) is 5.88 Å². The maximum absolute atomic E-state index is 12.2. The highest BCUT2D eigenvalue weighted by atomic mass is 19.4. The first-order valence-corrected chi connectivity index (χ1v) is 5.17. The third-order valence-electron chi connectivity index (χ3n) is 2.01. The van der Waals surface area contributed by atoms with Gasteiger partial charge in [0.05, 0.1) is 6.61 Å². The third-order valence-corrected chi connectivity index (χ3v) is 2.01. The van der Waals surface area contributed by atoms with Crippen molar-refractivity contribution in [1.82, 2.24) is 4.98 Å². The van der Waals surface area contributed by atoms with E-state index >= 15 is 0 Å². The largest absolute Gasteiger partial charge is 0.574 e. The summed E-state index contributed by atoms with van der Waals surface area (Å²) in [7, 11) is 0. The number of H-pyrrole nitrogens is 1. The summed E-state index contributed by atoms with van der Waals surface area (Å²) in [6.07, 6.45) is -5.05. The molecule has 0 saturated carbocycles. The molecule has 3 N–H and O–H groups in total. The van der Waals surface area contributed by atoms with E-state index in [1.807, 2.05) is 4.98 Å². The van der Waals surface area contributed by atoms with Crippen molar-refractivity contribution in [2.24, 2.45) is 5.73 Å². The van der Waals surface area contributed by atoms with Gasteiger partial charge >= 0.3 is 12.3 Å². The highest BCUT2D eigenvalue weighted by molar-refractivity contribution is 5.92. The van der Waals surface area contributed by atoms with Crippen molar-refractivity contribution in [3.05, 3.63) is 27.5 Å². The number of aromatic nitrogens is 1. The summed E-state index contributed by atoms with van der Waals surface area (Å²) in [5.41, 5.74) is 3.77. The van der Waals surface area contributed by atoms with Gasteiger partial charge < -0.3 is 15.2 Å². The zero-order valence-electron chi connectivity index (χ0n) is 9.84. The molecule has 0 aliphatic rings. The predicted molar refractivity (Wildman–Crippen MR) is 57.6 cm³/mol. The van der Waals surface area contributed by atoms with Crippen LogP contribution in [0.3, 0.4) is 0 Å². The third kappa shape index (κ3) is 3.98. The van der Waals surface area contributed by atoms with Gasteiger partial charge in [-0.2, -0.15) is 0 Å². The van der Waals surface area contributed by atoms with E-state index in [-0.39, 0.29) is 18.7 Å². The summed E-state index contributed by atoms with van der Waals surface area (Å²) >= 11 is 0. The molecule has 0 fully saturated rings. The van der Waals surface area contributed by atoms with E-state index in [4.69, 9.17) is 5.73 Å². The number of pyridine rings is 1. The summed E-state index contributed by atoms with van der Waals surface area (Å²) in [6, 6.07) is 0.915. The van der Waals surface area contributed by atoms with E-state index in [1.54, 1.807) is 0 Å². The van der Waals surface area contributed by atoms with Crippen LogP contribution in [-0.4, -0.2) is 23.9 Å². The van der Waals surface area contributed by atoms with Crippen molar-refractivity contribution >= 4 is 5.97 Å². The normalized spacial score (nSPS) is 11.2. The van der Waals surface area contributed by atoms with Crippen molar-refractivity contribution in [2.75, 3.05) is 6.61 Å². The molecule has 1 rings (SSSR count). The van der Waals surface area contributed by atoms with Gasteiger partial charge in [-0.3, -0.25) is 9.78 Å². The van der Waals surface area contributed by atoms with E-state index in [9.17, 15) is 22.8 Å². The molecule has 0 aliphatic heterocycles. The molecule has 1 aromatic rings. The van der Waals surface area contributed by atoms with Gasteiger partial charge in [-0.05, 0) is 13.0 Å². The van der Waals surface area contributed by atoms with Gasteiger partial charge in [0.25, 0.3) is 5.56 Å². The number of nitrogens with one attached hydrogen (secondary N) is 1. The van der Waals surface area contributed by atoms with Gasteiger partial charge in [0.2, 0.25) is 5.88 Å². The van der Waals surface area contributed by atoms with Crippen molar-refractivity contribution in [3.63, 3.8) is 0 Å². The standard InChI is InChI=1S/C10H11F3N2O4/c1-2-18-9(17)6-3-5(4-14)7(16)15-8(6)19-10(11,12)13/h3H,2,4,14H2,1H3,(H,15,16). The number of hydrogen-bond acceptors (Lipinski definition) is 5. The fraction of sp³-hybridized carbons (Fsp3) is 0.400. The lowest BCUT2D eigenvalue weighted by Crippen LogP contribution is -2.25. The lowest BCUT2D eigenvalue weighted by molar-refractivity contribution is -0.276. The molecule has 0 aliphatic carbocycles. The van der Waals surface area contributed by atoms with Crippen LogP contribution in [0.2, 0.25) is 0 Å². The second-order valence-electron chi connectivity index (χ2n) is 3.34. The molecule has 1 aromatic heterocycles. The van der Waals surface area contributed by atoms with Crippen LogP contribution < -0.4 is 16.0 Å². The van der Waals surface area contributed by atoms with E-state index in [1.165, 1.54) is 6.92 Å². The molecule has 0 unspecified atom stereocenters. The number of hydrogen-bond donors (Lipinski definition) is 2. The summed E-state index contributed by atoms with van der Waals surface area (Å²) in [5, 5.41) is 0. The first-order valence-electron chi connectivity index (χ1n) is 5.17. The lowest BCUT2D eigenvalue weighted by Gasteiger charge is -2.12. The lowest BCUT2D eigenvalue weighted by atomic mass is 10.2. The number of rotatable bonds is 4. The fourth-order valence-electron chi connectivity index (χ4n) is 1.26. The van der Waals surface area contributed by atoms with Crippen LogP contribution >= 0.6 is 0 Å². The van der Waals surface area contributed by atoms with Crippen LogP contribution in [0, 0.1) is 0 Å². The SMILES string of the molecule is CCOC(=O)c1cc(CN)c(=O)[nH]c1OC(F)(F)F. The molecule has 19 heavy (non-hydrogen) atoms. The maximum atomic E-state index is 12.2. The molecule has 0 spiro atoms. The van der Waals surface area contributed by atoms with Crippen molar-refractivity contribution in [2.45, 2.75) is 19.8 Å². The van der Waals surface area contributed by atoms with Crippen LogP contribution in [0.15, 0.2) is 10.9 Å². The number of aromatic amines is 1. The first-order chi connectivity index (χ1) is 8.78. The van der Waals surface area contributed by atoms with Crippen LogP contribution in [0.1, 0.15) is 22.8 Å². The van der Waals surface area contributed by atoms with E-state index in [0.29, 0.717) is 0 Å². The Morgan fingerprint density at radius 3 is 2.58 bits per heavy atom. The molecule has 6 nitrogen and oxygen atoms in total. The summed E-state index contributed by atoms with van der Waals surface area (Å²) in [4.78, 5) is 24.7. The van der Waals surface area contributed by atoms with Gasteiger partial charge in [0.1, 0.15) is 5.56 Å². The Balaban J connectivity index is 3.30. The average molecular weight is 280 g/mol. The van der Waals surface area contributed by atoms with Gasteiger partial charge in [-0.15, -0.1) is 13.2 Å².